The maximum Gasteiger partial charge on any atom is 0.170 e. The Bertz CT molecular complexity index is 2230. The lowest BCUT2D eigenvalue weighted by Gasteiger charge is -2.18. The lowest BCUT2D eigenvalue weighted by molar-refractivity contribution is 0.318. The number of benzene rings is 6. The molecule has 0 unspecified atom stereocenters. The molecular formula is C39H31ClF2N4O5. The molecule has 0 amide bonds. The number of phenolic OH excluding ortho intramolecular Hbond substituents is 2. The van der Waals surface area contributed by atoms with Crippen molar-refractivity contribution in [2.45, 2.75) is 0 Å². The molecule has 0 atom stereocenters. The van der Waals surface area contributed by atoms with Crippen molar-refractivity contribution in [3.63, 3.8) is 0 Å². The van der Waals surface area contributed by atoms with Crippen LogP contribution in [0, 0.1) is 11.6 Å². The molecule has 9 nitrogen and oxygen atoms in total. The molecule has 6 aromatic rings. The van der Waals surface area contributed by atoms with Crippen LogP contribution in [0.4, 0.5) is 8.78 Å². The minimum Gasteiger partial charge on any atom is -0.508 e. The Morgan fingerprint density at radius 1 is 0.588 bits per heavy atom. The molecule has 0 fully saturated rings. The van der Waals surface area contributed by atoms with E-state index in [4.69, 9.17) is 33.0 Å². The molecule has 0 bridgehead atoms. The van der Waals surface area contributed by atoms with Crippen molar-refractivity contribution in [2.75, 3.05) is 7.11 Å². The van der Waals surface area contributed by atoms with E-state index in [1.165, 1.54) is 55.6 Å². The predicted molar refractivity (Wildman–Crippen MR) is 194 cm³/mol. The van der Waals surface area contributed by atoms with Crippen LogP contribution in [-0.4, -0.2) is 39.4 Å². The minimum absolute atomic E-state index is 0.0775. The van der Waals surface area contributed by atoms with Crippen molar-refractivity contribution in [3.8, 4) is 61.8 Å². The van der Waals surface area contributed by atoms with E-state index in [9.17, 15) is 24.2 Å². The summed E-state index contributed by atoms with van der Waals surface area (Å²) in [6.07, 6.45) is 0. The molecule has 0 spiro atoms. The van der Waals surface area contributed by atoms with Gasteiger partial charge in [0.25, 0.3) is 0 Å². The van der Waals surface area contributed by atoms with Gasteiger partial charge in [0, 0.05) is 32.8 Å². The van der Waals surface area contributed by atoms with Crippen molar-refractivity contribution in [2.24, 2.45) is 21.8 Å². The second-order valence-electron chi connectivity index (χ2n) is 11.0. The van der Waals surface area contributed by atoms with E-state index >= 15 is 0 Å². The third-order valence-electron chi connectivity index (χ3n) is 7.82. The van der Waals surface area contributed by atoms with Crippen LogP contribution >= 0.6 is 11.6 Å². The van der Waals surface area contributed by atoms with E-state index in [2.05, 4.69) is 10.3 Å². The Kier molecular flexibility index (Phi) is 11.0. The summed E-state index contributed by atoms with van der Waals surface area (Å²) >= 11 is 6.17. The van der Waals surface area contributed by atoms with Crippen LogP contribution in [0.3, 0.4) is 0 Å². The summed E-state index contributed by atoms with van der Waals surface area (Å²) in [5, 5.41) is 43.8. The van der Waals surface area contributed by atoms with Crippen LogP contribution < -0.4 is 16.2 Å². The van der Waals surface area contributed by atoms with Gasteiger partial charge in [-0.1, -0.05) is 76.5 Å². The van der Waals surface area contributed by atoms with E-state index in [-0.39, 0.29) is 28.7 Å². The zero-order chi connectivity index (χ0) is 36.7. The highest BCUT2D eigenvalue weighted by Gasteiger charge is 2.21. The quantitative estimate of drug-likeness (QED) is 0.0418. The number of phenols is 2. The summed E-state index contributed by atoms with van der Waals surface area (Å²) in [6, 6.07) is 32.1. The fraction of sp³-hybridized carbons (Fsp3) is 0.0256. The Balaban J connectivity index is 0.000000199. The van der Waals surface area contributed by atoms with Gasteiger partial charge in [0.05, 0.1) is 7.11 Å². The molecule has 6 rings (SSSR count). The fourth-order valence-corrected chi connectivity index (χ4v) is 5.72. The van der Waals surface area contributed by atoms with Gasteiger partial charge in [-0.15, -0.1) is 0 Å². The topological polar surface area (TPSA) is 167 Å². The van der Waals surface area contributed by atoms with Crippen molar-refractivity contribution in [3.05, 3.63) is 149 Å². The lowest BCUT2D eigenvalue weighted by atomic mass is 9.89. The van der Waals surface area contributed by atoms with Crippen molar-refractivity contribution in [1.82, 2.24) is 0 Å². The first-order valence-electron chi connectivity index (χ1n) is 15.2. The largest absolute Gasteiger partial charge is 0.508 e. The Labute approximate surface area is 296 Å². The van der Waals surface area contributed by atoms with Crippen LogP contribution in [0.15, 0.2) is 132 Å². The minimum atomic E-state index is -0.565. The normalized spacial score (nSPS) is 11.5. The molecule has 12 heteroatoms. The number of amidine groups is 2. The van der Waals surface area contributed by atoms with Crippen LogP contribution in [-0.2, 0) is 0 Å². The fourth-order valence-electron chi connectivity index (χ4n) is 5.54. The molecule has 0 radical (unpaired) electrons. The van der Waals surface area contributed by atoms with Gasteiger partial charge < -0.3 is 36.8 Å². The van der Waals surface area contributed by atoms with E-state index < -0.39 is 11.6 Å². The molecule has 8 N–H and O–H groups in total. The average Bonchev–Trinajstić information content (AvgIpc) is 3.14. The lowest BCUT2D eigenvalue weighted by Crippen LogP contribution is -2.15. The zero-order valence-electron chi connectivity index (χ0n) is 26.9. The number of hydrogen-bond acceptors (Lipinski definition) is 7. The number of hydrogen-bond donors (Lipinski definition) is 6. The number of rotatable bonds is 7. The maximum absolute atomic E-state index is 14.3. The molecule has 0 heterocycles. The molecule has 0 aliphatic heterocycles. The summed E-state index contributed by atoms with van der Waals surface area (Å²) in [6.45, 7) is 0. The monoisotopic (exact) mass is 708 g/mol. The Morgan fingerprint density at radius 2 is 1.06 bits per heavy atom. The summed E-state index contributed by atoms with van der Waals surface area (Å²) in [7, 11) is 1.50. The first kappa shape index (κ1) is 35.7. The van der Waals surface area contributed by atoms with Crippen molar-refractivity contribution >= 4 is 23.3 Å². The SMILES string of the molecule is COc1ccc(Cl)cc1-c1c(C(N)=NO)cc(F)cc1-c1ccc(O)cc1.NC(=NO)c1cc(F)cc(-c2ccc(O)cc2)c1-c1ccccc1. The molecule has 258 valence electrons. The third kappa shape index (κ3) is 8.01. The van der Waals surface area contributed by atoms with Gasteiger partial charge in [0.2, 0.25) is 0 Å². The first-order valence-corrected chi connectivity index (χ1v) is 15.5. The van der Waals surface area contributed by atoms with Gasteiger partial charge in [-0.3, -0.25) is 0 Å². The molecule has 0 aliphatic carbocycles. The van der Waals surface area contributed by atoms with Gasteiger partial charge in [0.1, 0.15) is 28.9 Å². The molecule has 0 saturated carbocycles. The van der Waals surface area contributed by atoms with E-state index in [1.54, 1.807) is 42.5 Å². The Hall–Kier alpha value is -6.59. The highest BCUT2D eigenvalue weighted by molar-refractivity contribution is 6.31. The van der Waals surface area contributed by atoms with E-state index in [0.717, 1.165) is 5.56 Å². The molecule has 51 heavy (non-hydrogen) atoms. The second-order valence-corrected chi connectivity index (χ2v) is 11.5. The smallest absolute Gasteiger partial charge is 0.170 e. The summed E-state index contributed by atoms with van der Waals surface area (Å²) in [4.78, 5) is 0. The number of nitrogens with two attached hydrogens (primary N) is 2. The molecule has 0 aliphatic rings. The number of ether oxygens (including phenoxy) is 1. The number of aromatic hydroxyl groups is 2. The zero-order valence-corrected chi connectivity index (χ0v) is 27.7. The van der Waals surface area contributed by atoms with Gasteiger partial charge in [-0.05, 0) is 94.5 Å². The number of nitrogens with zero attached hydrogens (tertiary/aromatic N) is 2. The van der Waals surface area contributed by atoms with Gasteiger partial charge >= 0.3 is 0 Å². The summed E-state index contributed by atoms with van der Waals surface area (Å²) in [5.74, 6) is -0.816. The number of oxime groups is 2. The van der Waals surface area contributed by atoms with Gasteiger partial charge in [0.15, 0.2) is 11.7 Å². The van der Waals surface area contributed by atoms with E-state index in [1.807, 2.05) is 30.3 Å². The van der Waals surface area contributed by atoms with Crippen molar-refractivity contribution in [1.29, 1.82) is 0 Å². The average molecular weight is 709 g/mol. The Morgan fingerprint density at radius 3 is 1.53 bits per heavy atom. The predicted octanol–water partition coefficient (Wildman–Crippen LogP) is 8.58. The van der Waals surface area contributed by atoms with Crippen LogP contribution in [0.25, 0.3) is 44.5 Å². The summed E-state index contributed by atoms with van der Waals surface area (Å²) < 4.78 is 33.9. The third-order valence-corrected chi connectivity index (χ3v) is 8.06. The number of methoxy groups -OCH3 is 1. The van der Waals surface area contributed by atoms with Crippen molar-refractivity contribution < 1.29 is 34.1 Å². The number of halogens is 3. The summed E-state index contributed by atoms with van der Waals surface area (Å²) in [5.41, 5.74) is 16.9. The highest BCUT2D eigenvalue weighted by Crippen LogP contribution is 2.42. The highest BCUT2D eigenvalue weighted by atomic mass is 35.5. The molecular weight excluding hydrogens is 678 g/mol. The van der Waals surface area contributed by atoms with Gasteiger partial charge in [-0.25, -0.2) is 8.78 Å². The van der Waals surface area contributed by atoms with Crippen LogP contribution in [0.5, 0.6) is 17.2 Å². The second kappa shape index (κ2) is 15.7. The van der Waals surface area contributed by atoms with E-state index in [0.29, 0.717) is 55.3 Å². The molecule has 0 saturated heterocycles. The standard InChI is InChI=1S/C20H16ClFN2O3.C19H15FN2O2/c1-27-18-7-4-12(21)8-16(18)19-15(11-2-5-14(25)6-3-11)9-13(22)10-17(19)20(23)24-26;20-14-10-16(12-6-8-15(23)9-7-12)18(13-4-2-1-3-5-13)17(11-14)19(21)22-24/h2-10,25-26H,1H3,(H2,23,24);1-11,23-24H,(H2,21,22). The maximum atomic E-state index is 14.3. The van der Waals surface area contributed by atoms with Crippen LogP contribution in [0.1, 0.15) is 11.1 Å². The molecule has 0 aromatic heterocycles. The van der Waals surface area contributed by atoms with Gasteiger partial charge in [-0.2, -0.15) is 0 Å². The first-order chi connectivity index (χ1) is 24.5. The molecule has 6 aromatic carbocycles. The van der Waals surface area contributed by atoms with Crippen LogP contribution in [0.2, 0.25) is 5.02 Å².